The molecule has 0 aliphatic rings. The van der Waals surface area contributed by atoms with Gasteiger partial charge in [-0.15, -0.1) is 0 Å². The molecule has 0 saturated heterocycles. The van der Waals surface area contributed by atoms with Gasteiger partial charge in [-0.05, 0) is 52.4 Å². The Kier molecular flexibility index (Phi) is 8.02. The lowest BCUT2D eigenvalue weighted by Crippen LogP contribution is -2.47. The number of rotatable bonds is 8. The van der Waals surface area contributed by atoms with E-state index in [0.29, 0.717) is 18.7 Å². The van der Waals surface area contributed by atoms with Crippen LogP contribution in [-0.4, -0.2) is 60.9 Å². The number of halogens is 1. The maximum atomic E-state index is 13.8. The summed E-state index contributed by atoms with van der Waals surface area (Å²) in [5.74, 6) is -0.528. The van der Waals surface area contributed by atoms with Crippen molar-refractivity contribution in [2.24, 2.45) is 0 Å². The Morgan fingerprint density at radius 1 is 1.23 bits per heavy atom. The predicted molar refractivity (Wildman–Crippen MR) is 99.4 cm³/mol. The Bertz CT molecular complexity index is 629. The molecule has 1 rings (SSSR count). The standard InChI is InChI=1S/C19H30FN3O3/c1-7-23(11-14-8-9-16(26-6)15(20)10-14)18(25)13-22(5)12-17(24)21-19(2,3)4/h8-10H,7,11-13H2,1-6H3,(H,21,24). The van der Waals surface area contributed by atoms with Gasteiger partial charge in [-0.2, -0.15) is 0 Å². The lowest BCUT2D eigenvalue weighted by atomic mass is 10.1. The fraction of sp³-hybridized carbons (Fsp3) is 0.579. The molecule has 1 aromatic rings. The van der Waals surface area contributed by atoms with Crippen LogP contribution in [0.25, 0.3) is 0 Å². The van der Waals surface area contributed by atoms with E-state index in [1.807, 2.05) is 27.7 Å². The maximum absolute atomic E-state index is 13.8. The summed E-state index contributed by atoms with van der Waals surface area (Å²) < 4.78 is 18.7. The molecule has 1 aromatic carbocycles. The molecule has 0 aliphatic heterocycles. The zero-order valence-corrected chi connectivity index (χ0v) is 16.6. The highest BCUT2D eigenvalue weighted by Crippen LogP contribution is 2.18. The van der Waals surface area contributed by atoms with Gasteiger partial charge >= 0.3 is 0 Å². The molecule has 146 valence electrons. The van der Waals surface area contributed by atoms with Gasteiger partial charge in [0.15, 0.2) is 11.6 Å². The smallest absolute Gasteiger partial charge is 0.237 e. The topological polar surface area (TPSA) is 61.9 Å². The molecule has 0 bridgehead atoms. The van der Waals surface area contributed by atoms with Crippen molar-refractivity contribution in [3.05, 3.63) is 29.6 Å². The van der Waals surface area contributed by atoms with Crippen LogP contribution in [0, 0.1) is 5.82 Å². The van der Waals surface area contributed by atoms with Crippen molar-refractivity contribution < 1.29 is 18.7 Å². The van der Waals surface area contributed by atoms with E-state index in [1.165, 1.54) is 13.2 Å². The minimum atomic E-state index is -0.454. The van der Waals surface area contributed by atoms with Gasteiger partial charge < -0.3 is 15.0 Å². The highest BCUT2D eigenvalue weighted by atomic mass is 19.1. The monoisotopic (exact) mass is 367 g/mol. The molecule has 0 atom stereocenters. The molecular weight excluding hydrogens is 337 g/mol. The summed E-state index contributed by atoms with van der Waals surface area (Å²) >= 11 is 0. The van der Waals surface area contributed by atoms with Crippen molar-refractivity contribution in [3.8, 4) is 5.75 Å². The minimum absolute atomic E-state index is 0.115. The van der Waals surface area contributed by atoms with Crippen molar-refractivity contribution in [2.75, 3.05) is 33.8 Å². The van der Waals surface area contributed by atoms with Gasteiger partial charge in [0.25, 0.3) is 0 Å². The van der Waals surface area contributed by atoms with Crippen molar-refractivity contribution in [2.45, 2.75) is 39.8 Å². The number of benzene rings is 1. The highest BCUT2D eigenvalue weighted by molar-refractivity contribution is 5.81. The lowest BCUT2D eigenvalue weighted by Gasteiger charge is -2.26. The van der Waals surface area contributed by atoms with E-state index in [-0.39, 0.29) is 36.2 Å². The first-order valence-electron chi connectivity index (χ1n) is 8.65. The van der Waals surface area contributed by atoms with Crippen LogP contribution in [0.3, 0.4) is 0 Å². The third kappa shape index (κ3) is 7.39. The second-order valence-electron chi connectivity index (χ2n) is 7.35. The van der Waals surface area contributed by atoms with Crippen molar-refractivity contribution in [3.63, 3.8) is 0 Å². The van der Waals surface area contributed by atoms with E-state index in [9.17, 15) is 14.0 Å². The van der Waals surface area contributed by atoms with Crippen LogP contribution in [0.1, 0.15) is 33.3 Å². The molecule has 2 amide bonds. The van der Waals surface area contributed by atoms with Crippen LogP contribution in [0.15, 0.2) is 18.2 Å². The Hall–Kier alpha value is -2.15. The number of carbonyl (C=O) groups excluding carboxylic acids is 2. The Balaban J connectivity index is 2.62. The van der Waals surface area contributed by atoms with Crippen LogP contribution in [0.5, 0.6) is 5.75 Å². The van der Waals surface area contributed by atoms with E-state index in [0.717, 1.165) is 0 Å². The number of amides is 2. The van der Waals surface area contributed by atoms with Crippen LogP contribution in [-0.2, 0) is 16.1 Å². The quantitative estimate of drug-likeness (QED) is 0.764. The molecule has 0 spiro atoms. The average molecular weight is 367 g/mol. The van der Waals surface area contributed by atoms with Crippen LogP contribution >= 0.6 is 0 Å². The number of nitrogens with one attached hydrogen (secondary N) is 1. The van der Waals surface area contributed by atoms with E-state index < -0.39 is 5.82 Å². The van der Waals surface area contributed by atoms with Crippen molar-refractivity contribution >= 4 is 11.8 Å². The molecule has 0 fully saturated rings. The summed E-state index contributed by atoms with van der Waals surface area (Å²) in [6.45, 7) is 8.63. The van der Waals surface area contributed by atoms with Crippen molar-refractivity contribution in [1.29, 1.82) is 0 Å². The predicted octanol–water partition coefficient (Wildman–Crippen LogP) is 2.03. The number of methoxy groups -OCH3 is 1. The minimum Gasteiger partial charge on any atom is -0.494 e. The summed E-state index contributed by atoms with van der Waals surface area (Å²) in [5.41, 5.74) is 0.377. The molecule has 6 nitrogen and oxygen atoms in total. The third-order valence-electron chi connectivity index (χ3n) is 3.66. The molecule has 26 heavy (non-hydrogen) atoms. The molecular formula is C19H30FN3O3. The van der Waals surface area contributed by atoms with Gasteiger partial charge in [0, 0.05) is 18.6 Å². The van der Waals surface area contributed by atoms with E-state index in [4.69, 9.17) is 4.74 Å². The van der Waals surface area contributed by atoms with Gasteiger partial charge in [-0.1, -0.05) is 6.07 Å². The number of carbonyl (C=O) groups is 2. The first-order chi connectivity index (χ1) is 12.1. The third-order valence-corrected chi connectivity index (χ3v) is 3.66. The average Bonchev–Trinajstić information content (AvgIpc) is 2.50. The summed E-state index contributed by atoms with van der Waals surface area (Å²) in [6, 6.07) is 4.65. The first-order valence-corrected chi connectivity index (χ1v) is 8.65. The Morgan fingerprint density at radius 2 is 1.88 bits per heavy atom. The van der Waals surface area contributed by atoms with Gasteiger partial charge in [0.05, 0.1) is 20.2 Å². The lowest BCUT2D eigenvalue weighted by molar-refractivity contribution is -0.133. The summed E-state index contributed by atoms with van der Waals surface area (Å²) in [4.78, 5) is 27.7. The summed E-state index contributed by atoms with van der Waals surface area (Å²) in [6.07, 6.45) is 0. The van der Waals surface area contributed by atoms with E-state index in [2.05, 4.69) is 5.32 Å². The molecule has 0 aromatic heterocycles. The molecule has 0 heterocycles. The zero-order chi connectivity index (χ0) is 19.9. The molecule has 0 saturated carbocycles. The second-order valence-corrected chi connectivity index (χ2v) is 7.35. The number of likely N-dealkylation sites (N-methyl/N-ethyl adjacent to an activating group) is 2. The summed E-state index contributed by atoms with van der Waals surface area (Å²) in [5, 5.41) is 2.86. The fourth-order valence-corrected chi connectivity index (χ4v) is 2.49. The van der Waals surface area contributed by atoms with Crippen LogP contribution in [0.2, 0.25) is 0 Å². The van der Waals surface area contributed by atoms with Gasteiger partial charge in [-0.25, -0.2) is 4.39 Å². The normalized spacial score (nSPS) is 11.4. The maximum Gasteiger partial charge on any atom is 0.237 e. The Morgan fingerprint density at radius 3 is 2.38 bits per heavy atom. The Labute approximate surface area is 155 Å². The van der Waals surface area contributed by atoms with Crippen LogP contribution < -0.4 is 10.1 Å². The SMILES string of the molecule is CCN(Cc1ccc(OC)c(F)c1)C(=O)CN(C)CC(=O)NC(C)(C)C. The molecule has 1 N–H and O–H groups in total. The van der Waals surface area contributed by atoms with E-state index in [1.54, 1.807) is 29.0 Å². The summed E-state index contributed by atoms with van der Waals surface area (Å²) in [7, 11) is 3.13. The van der Waals surface area contributed by atoms with E-state index >= 15 is 0 Å². The molecule has 0 unspecified atom stereocenters. The first kappa shape index (κ1) is 21.9. The van der Waals surface area contributed by atoms with Gasteiger partial charge in [-0.3, -0.25) is 14.5 Å². The fourth-order valence-electron chi connectivity index (χ4n) is 2.49. The number of hydrogen-bond acceptors (Lipinski definition) is 4. The highest BCUT2D eigenvalue weighted by Gasteiger charge is 2.19. The number of hydrogen-bond donors (Lipinski definition) is 1. The largest absolute Gasteiger partial charge is 0.494 e. The molecule has 0 radical (unpaired) electrons. The zero-order valence-electron chi connectivity index (χ0n) is 16.6. The van der Waals surface area contributed by atoms with Gasteiger partial charge in [0.2, 0.25) is 11.8 Å². The van der Waals surface area contributed by atoms with Crippen LogP contribution in [0.4, 0.5) is 4.39 Å². The number of ether oxygens (including phenoxy) is 1. The second kappa shape index (κ2) is 9.52. The molecule has 0 aliphatic carbocycles. The van der Waals surface area contributed by atoms with Crippen molar-refractivity contribution in [1.82, 2.24) is 15.1 Å². The molecule has 7 heteroatoms. The van der Waals surface area contributed by atoms with Gasteiger partial charge in [0.1, 0.15) is 0 Å². The number of nitrogens with zero attached hydrogens (tertiary/aromatic N) is 2.